The minimum Gasteiger partial charge on any atom is -0.486 e. The molecule has 20 heavy (non-hydrogen) atoms. The Bertz CT molecular complexity index is 488. The fourth-order valence-corrected chi connectivity index (χ4v) is 1.75. The number of rotatable bonds is 5. The molecule has 2 N–H and O–H groups in total. The third kappa shape index (κ3) is 3.64. The second kappa shape index (κ2) is 6.81. The Kier molecular flexibility index (Phi) is 4.84. The lowest BCUT2D eigenvalue weighted by Crippen LogP contribution is -2.29. The first-order valence-corrected chi connectivity index (χ1v) is 6.30. The molecule has 1 unspecified atom stereocenters. The molecule has 6 heteroatoms. The van der Waals surface area contributed by atoms with E-state index in [4.69, 9.17) is 14.2 Å². The first-order chi connectivity index (χ1) is 9.70. The van der Waals surface area contributed by atoms with E-state index in [1.807, 2.05) is 0 Å². The van der Waals surface area contributed by atoms with Crippen LogP contribution in [0.2, 0.25) is 0 Å². The first-order valence-electron chi connectivity index (χ1n) is 6.30. The summed E-state index contributed by atoms with van der Waals surface area (Å²) >= 11 is 0. The van der Waals surface area contributed by atoms with Crippen LogP contribution in [-0.4, -0.2) is 37.6 Å². The maximum atomic E-state index is 11.2. The molecule has 0 spiro atoms. The van der Waals surface area contributed by atoms with Gasteiger partial charge in [-0.3, -0.25) is 0 Å². The Morgan fingerprint density at radius 3 is 2.95 bits per heavy atom. The number of nitrogens with one attached hydrogen (secondary N) is 1. The van der Waals surface area contributed by atoms with Crippen LogP contribution in [0.3, 0.4) is 0 Å². The van der Waals surface area contributed by atoms with E-state index < -0.39 is 12.2 Å². The van der Waals surface area contributed by atoms with Crippen molar-refractivity contribution in [1.29, 1.82) is 0 Å². The van der Waals surface area contributed by atoms with Gasteiger partial charge >= 0.3 is 6.09 Å². The molecule has 0 fully saturated rings. The van der Waals surface area contributed by atoms with Crippen molar-refractivity contribution in [2.75, 3.05) is 26.4 Å². The topological polar surface area (TPSA) is 77.0 Å². The maximum Gasteiger partial charge on any atom is 0.407 e. The summed E-state index contributed by atoms with van der Waals surface area (Å²) in [5.74, 6) is 1.26. The molecule has 1 aliphatic heterocycles. The number of alkyl carbamates (subject to hydrolysis) is 1. The molecule has 1 aliphatic rings. The molecule has 0 saturated heterocycles. The van der Waals surface area contributed by atoms with Gasteiger partial charge in [0, 0.05) is 0 Å². The largest absolute Gasteiger partial charge is 0.486 e. The van der Waals surface area contributed by atoms with Crippen molar-refractivity contribution in [2.24, 2.45) is 0 Å². The van der Waals surface area contributed by atoms with Crippen molar-refractivity contribution in [3.63, 3.8) is 0 Å². The van der Waals surface area contributed by atoms with Crippen molar-refractivity contribution in [3.05, 3.63) is 36.4 Å². The number of benzene rings is 1. The highest BCUT2D eigenvalue weighted by Gasteiger charge is 2.16. The molecule has 108 valence electrons. The molecule has 0 radical (unpaired) electrons. The standard InChI is InChI=1S/C14H17NO5/c1-2-5-20-14(17)15-9-11(16)10-3-4-12-13(8-10)19-7-6-18-12/h2-4,8,11,16H,1,5-7,9H2,(H,15,17). The van der Waals surface area contributed by atoms with Crippen LogP contribution in [0.4, 0.5) is 4.79 Å². The van der Waals surface area contributed by atoms with E-state index in [1.165, 1.54) is 6.08 Å². The van der Waals surface area contributed by atoms with Crippen LogP contribution in [0, 0.1) is 0 Å². The zero-order valence-corrected chi connectivity index (χ0v) is 11.0. The highest BCUT2D eigenvalue weighted by atomic mass is 16.6. The molecule has 0 saturated carbocycles. The normalized spacial score (nSPS) is 14.2. The third-order valence-electron chi connectivity index (χ3n) is 2.72. The van der Waals surface area contributed by atoms with E-state index in [0.717, 1.165) is 0 Å². The van der Waals surface area contributed by atoms with E-state index in [2.05, 4.69) is 11.9 Å². The van der Waals surface area contributed by atoms with Gasteiger partial charge in [-0.1, -0.05) is 18.7 Å². The van der Waals surface area contributed by atoms with Gasteiger partial charge in [0.25, 0.3) is 0 Å². The molecule has 1 atom stereocenters. The minimum absolute atomic E-state index is 0.0512. The zero-order valence-electron chi connectivity index (χ0n) is 11.0. The molecule has 6 nitrogen and oxygen atoms in total. The highest BCUT2D eigenvalue weighted by molar-refractivity contribution is 5.67. The van der Waals surface area contributed by atoms with Crippen LogP contribution in [0.15, 0.2) is 30.9 Å². The van der Waals surface area contributed by atoms with E-state index in [-0.39, 0.29) is 13.2 Å². The number of aliphatic hydroxyl groups is 1. The van der Waals surface area contributed by atoms with Gasteiger partial charge in [-0.15, -0.1) is 0 Å². The summed E-state index contributed by atoms with van der Waals surface area (Å²) in [6.45, 7) is 4.62. The fourth-order valence-electron chi connectivity index (χ4n) is 1.75. The second-order valence-electron chi connectivity index (χ2n) is 4.19. The molecule has 0 bridgehead atoms. The van der Waals surface area contributed by atoms with Crippen molar-refractivity contribution in [1.82, 2.24) is 5.32 Å². The molecular weight excluding hydrogens is 262 g/mol. The van der Waals surface area contributed by atoms with Crippen molar-refractivity contribution < 1.29 is 24.1 Å². The van der Waals surface area contributed by atoms with Gasteiger partial charge in [0.2, 0.25) is 0 Å². The number of aliphatic hydroxyl groups excluding tert-OH is 1. The smallest absolute Gasteiger partial charge is 0.407 e. The average Bonchev–Trinajstić information content (AvgIpc) is 2.50. The fraction of sp³-hybridized carbons (Fsp3) is 0.357. The van der Waals surface area contributed by atoms with E-state index in [9.17, 15) is 9.90 Å². The molecule has 0 aliphatic carbocycles. The SMILES string of the molecule is C=CCOC(=O)NCC(O)c1ccc2c(c1)OCCO2. The number of hydrogen-bond acceptors (Lipinski definition) is 5. The van der Waals surface area contributed by atoms with E-state index in [0.29, 0.717) is 30.3 Å². The zero-order chi connectivity index (χ0) is 14.4. The summed E-state index contributed by atoms with van der Waals surface area (Å²) in [5, 5.41) is 12.5. The molecule has 0 aromatic heterocycles. The molecular formula is C14H17NO5. The lowest BCUT2D eigenvalue weighted by molar-refractivity contribution is 0.138. The third-order valence-corrected chi connectivity index (χ3v) is 2.72. The van der Waals surface area contributed by atoms with Crippen molar-refractivity contribution in [3.8, 4) is 11.5 Å². The quantitative estimate of drug-likeness (QED) is 0.797. The monoisotopic (exact) mass is 279 g/mol. The Balaban J connectivity index is 1.90. The number of fused-ring (bicyclic) bond motifs is 1. The van der Waals surface area contributed by atoms with Gasteiger partial charge in [-0.05, 0) is 17.7 Å². The molecule has 1 aromatic carbocycles. The number of amides is 1. The van der Waals surface area contributed by atoms with E-state index in [1.54, 1.807) is 18.2 Å². The maximum absolute atomic E-state index is 11.2. The predicted molar refractivity (Wildman–Crippen MR) is 71.9 cm³/mol. The summed E-state index contributed by atoms with van der Waals surface area (Å²) in [7, 11) is 0. The summed E-state index contributed by atoms with van der Waals surface area (Å²) in [6, 6.07) is 5.17. The first kappa shape index (κ1) is 14.2. The lowest BCUT2D eigenvalue weighted by Gasteiger charge is -2.20. The Hall–Kier alpha value is -2.21. The van der Waals surface area contributed by atoms with Crippen LogP contribution >= 0.6 is 0 Å². The lowest BCUT2D eigenvalue weighted by atomic mass is 10.1. The van der Waals surface area contributed by atoms with E-state index >= 15 is 0 Å². The van der Waals surface area contributed by atoms with Gasteiger partial charge in [0.05, 0.1) is 12.6 Å². The van der Waals surface area contributed by atoms with Crippen LogP contribution in [0.5, 0.6) is 11.5 Å². The van der Waals surface area contributed by atoms with Crippen molar-refractivity contribution in [2.45, 2.75) is 6.10 Å². The summed E-state index contributed by atoms with van der Waals surface area (Å²) in [5.41, 5.74) is 0.637. The number of hydrogen-bond donors (Lipinski definition) is 2. The van der Waals surface area contributed by atoms with Crippen LogP contribution < -0.4 is 14.8 Å². The van der Waals surface area contributed by atoms with Crippen molar-refractivity contribution >= 4 is 6.09 Å². The number of ether oxygens (including phenoxy) is 3. The van der Waals surface area contributed by atoms with Gasteiger partial charge in [-0.25, -0.2) is 4.79 Å². The second-order valence-corrected chi connectivity index (χ2v) is 4.19. The Labute approximate surface area is 117 Å². The van der Waals surface area contributed by atoms with Crippen LogP contribution in [0.25, 0.3) is 0 Å². The van der Waals surface area contributed by atoms with Crippen LogP contribution in [0.1, 0.15) is 11.7 Å². The van der Waals surface area contributed by atoms with Gasteiger partial charge in [0.15, 0.2) is 11.5 Å². The average molecular weight is 279 g/mol. The highest BCUT2D eigenvalue weighted by Crippen LogP contribution is 2.32. The van der Waals surface area contributed by atoms with Gasteiger partial charge < -0.3 is 24.6 Å². The summed E-state index contributed by atoms with van der Waals surface area (Å²) < 4.78 is 15.6. The van der Waals surface area contributed by atoms with Gasteiger partial charge in [-0.2, -0.15) is 0 Å². The number of carbonyl (C=O) groups excluding carboxylic acids is 1. The number of carbonyl (C=O) groups is 1. The van der Waals surface area contributed by atoms with Crippen LogP contribution in [-0.2, 0) is 4.74 Å². The molecule has 1 heterocycles. The Morgan fingerprint density at radius 2 is 2.20 bits per heavy atom. The molecule has 1 aromatic rings. The summed E-state index contributed by atoms with van der Waals surface area (Å²) in [6.07, 6.45) is 0.0280. The molecule has 2 rings (SSSR count). The van der Waals surface area contributed by atoms with Gasteiger partial charge in [0.1, 0.15) is 19.8 Å². The predicted octanol–water partition coefficient (Wildman–Crippen LogP) is 1.40. The molecule has 1 amide bonds. The Morgan fingerprint density at radius 1 is 1.45 bits per heavy atom. The summed E-state index contributed by atoms with van der Waals surface area (Å²) in [4.78, 5) is 11.2. The minimum atomic E-state index is -0.845.